The molecule has 0 aliphatic carbocycles. The van der Waals surface area contributed by atoms with Crippen LogP contribution in [0.5, 0.6) is 11.5 Å². The summed E-state index contributed by atoms with van der Waals surface area (Å²) in [7, 11) is -0.690. The lowest BCUT2D eigenvalue weighted by molar-refractivity contribution is 0.394. The summed E-state index contributed by atoms with van der Waals surface area (Å²) in [4.78, 5) is 0.159. The van der Waals surface area contributed by atoms with Crippen LogP contribution >= 0.6 is 0 Å². The number of hydrogen-bond acceptors (Lipinski definition) is 5. The molecule has 0 bridgehead atoms. The zero-order valence-corrected chi connectivity index (χ0v) is 12.8. The Balaban J connectivity index is 2.13. The maximum absolute atomic E-state index is 12.3. The zero-order valence-electron chi connectivity index (χ0n) is 12.0. The van der Waals surface area contributed by atoms with Gasteiger partial charge in [0.05, 0.1) is 25.5 Å². The minimum atomic E-state index is -3.74. The fourth-order valence-corrected chi connectivity index (χ4v) is 3.36. The Kier molecular flexibility index (Phi) is 3.50. The molecule has 0 saturated heterocycles. The van der Waals surface area contributed by atoms with Crippen LogP contribution in [-0.4, -0.2) is 28.5 Å². The number of amidine groups is 1. The van der Waals surface area contributed by atoms with E-state index < -0.39 is 10.0 Å². The third kappa shape index (κ3) is 2.39. The summed E-state index contributed by atoms with van der Waals surface area (Å²) >= 11 is 0. The molecule has 7 heteroatoms. The van der Waals surface area contributed by atoms with Crippen molar-refractivity contribution >= 4 is 21.5 Å². The van der Waals surface area contributed by atoms with Gasteiger partial charge in [-0.15, -0.1) is 4.40 Å². The molecule has 22 heavy (non-hydrogen) atoms. The van der Waals surface area contributed by atoms with E-state index in [2.05, 4.69) is 9.71 Å². The third-order valence-electron chi connectivity index (χ3n) is 3.29. The Morgan fingerprint density at radius 2 is 1.82 bits per heavy atom. The normalized spacial score (nSPS) is 15.3. The van der Waals surface area contributed by atoms with Crippen molar-refractivity contribution in [2.75, 3.05) is 19.5 Å². The van der Waals surface area contributed by atoms with Crippen LogP contribution in [0.15, 0.2) is 51.8 Å². The number of methoxy groups -OCH3 is 2. The Morgan fingerprint density at radius 1 is 1.05 bits per heavy atom. The van der Waals surface area contributed by atoms with Gasteiger partial charge in [-0.3, -0.25) is 0 Å². The Morgan fingerprint density at radius 3 is 2.55 bits per heavy atom. The largest absolute Gasteiger partial charge is 0.497 e. The Bertz CT molecular complexity index is 860. The van der Waals surface area contributed by atoms with Gasteiger partial charge in [0, 0.05) is 6.07 Å². The molecule has 0 spiro atoms. The number of ether oxygens (including phenoxy) is 2. The van der Waals surface area contributed by atoms with Crippen LogP contribution in [0.1, 0.15) is 5.56 Å². The predicted molar refractivity (Wildman–Crippen MR) is 83.3 cm³/mol. The van der Waals surface area contributed by atoms with Crippen LogP contribution in [0.3, 0.4) is 0 Å². The Labute approximate surface area is 128 Å². The van der Waals surface area contributed by atoms with Gasteiger partial charge in [0.1, 0.15) is 16.4 Å². The monoisotopic (exact) mass is 318 g/mol. The van der Waals surface area contributed by atoms with Gasteiger partial charge < -0.3 is 14.8 Å². The minimum absolute atomic E-state index is 0.159. The van der Waals surface area contributed by atoms with Crippen LogP contribution in [0.4, 0.5) is 5.69 Å². The molecule has 2 aromatic carbocycles. The van der Waals surface area contributed by atoms with Crippen LogP contribution in [0.25, 0.3) is 0 Å². The molecule has 6 nitrogen and oxygen atoms in total. The summed E-state index contributed by atoms with van der Waals surface area (Å²) in [5, 5.41) is 3.03. The van der Waals surface area contributed by atoms with E-state index in [1.54, 1.807) is 43.5 Å². The molecule has 1 aliphatic heterocycles. The lowest BCUT2D eigenvalue weighted by Gasteiger charge is -2.19. The summed E-state index contributed by atoms with van der Waals surface area (Å²) in [5.74, 6) is 1.30. The first-order chi connectivity index (χ1) is 10.5. The quantitative estimate of drug-likeness (QED) is 0.939. The molecule has 114 valence electrons. The number of hydrogen-bond donors (Lipinski definition) is 1. The van der Waals surface area contributed by atoms with E-state index in [0.29, 0.717) is 22.7 Å². The summed E-state index contributed by atoms with van der Waals surface area (Å²) in [6.45, 7) is 0. The van der Waals surface area contributed by atoms with Crippen molar-refractivity contribution in [3.63, 3.8) is 0 Å². The number of fused-ring (bicyclic) bond motifs is 1. The highest BCUT2D eigenvalue weighted by molar-refractivity contribution is 7.90. The van der Waals surface area contributed by atoms with E-state index in [0.717, 1.165) is 0 Å². The number of sulfonamides is 1. The van der Waals surface area contributed by atoms with E-state index in [9.17, 15) is 8.42 Å². The third-order valence-corrected chi connectivity index (χ3v) is 4.63. The molecule has 0 amide bonds. The van der Waals surface area contributed by atoms with Gasteiger partial charge in [-0.1, -0.05) is 12.1 Å². The molecule has 0 saturated carbocycles. The van der Waals surface area contributed by atoms with E-state index >= 15 is 0 Å². The summed E-state index contributed by atoms with van der Waals surface area (Å²) < 4.78 is 38.9. The zero-order chi connectivity index (χ0) is 15.7. The average molecular weight is 318 g/mol. The second-order valence-electron chi connectivity index (χ2n) is 4.60. The highest BCUT2D eigenvalue weighted by Gasteiger charge is 2.26. The molecule has 0 fully saturated rings. The van der Waals surface area contributed by atoms with Gasteiger partial charge >= 0.3 is 0 Å². The number of anilines is 1. The summed E-state index contributed by atoms with van der Waals surface area (Å²) in [6, 6.07) is 11.7. The van der Waals surface area contributed by atoms with Crippen LogP contribution in [-0.2, 0) is 10.0 Å². The van der Waals surface area contributed by atoms with Gasteiger partial charge in [-0.05, 0) is 24.3 Å². The molecular formula is C15H14N2O4S. The van der Waals surface area contributed by atoms with Crippen molar-refractivity contribution in [2.24, 2.45) is 4.40 Å². The highest BCUT2D eigenvalue weighted by atomic mass is 32.2. The van der Waals surface area contributed by atoms with Crippen LogP contribution in [0, 0.1) is 0 Å². The molecule has 0 radical (unpaired) electrons. The van der Waals surface area contributed by atoms with Crippen molar-refractivity contribution < 1.29 is 17.9 Å². The topological polar surface area (TPSA) is 77.0 Å². The van der Waals surface area contributed by atoms with E-state index in [4.69, 9.17) is 9.47 Å². The first-order valence-electron chi connectivity index (χ1n) is 6.48. The first-order valence-corrected chi connectivity index (χ1v) is 7.92. The highest BCUT2D eigenvalue weighted by Crippen LogP contribution is 2.31. The molecule has 0 unspecified atom stereocenters. The summed E-state index contributed by atoms with van der Waals surface area (Å²) in [5.41, 5.74) is 1.03. The SMILES string of the molecule is COc1ccc(C2=NS(=O)(=O)c3ccccc3N2)c(OC)c1. The fourth-order valence-electron chi connectivity index (χ4n) is 2.23. The van der Waals surface area contributed by atoms with E-state index in [1.807, 2.05) is 0 Å². The van der Waals surface area contributed by atoms with Gasteiger partial charge in [0.2, 0.25) is 0 Å². The number of benzene rings is 2. The molecule has 0 aromatic heterocycles. The molecule has 1 aliphatic rings. The molecule has 3 rings (SSSR count). The average Bonchev–Trinajstić information content (AvgIpc) is 2.53. The molecule has 1 N–H and O–H groups in total. The van der Waals surface area contributed by atoms with Gasteiger partial charge in [0.25, 0.3) is 10.0 Å². The Hall–Kier alpha value is -2.54. The van der Waals surface area contributed by atoms with E-state index in [-0.39, 0.29) is 10.7 Å². The van der Waals surface area contributed by atoms with Gasteiger partial charge in [0.15, 0.2) is 5.84 Å². The fraction of sp³-hybridized carbons (Fsp3) is 0.133. The van der Waals surface area contributed by atoms with Crippen molar-refractivity contribution in [1.29, 1.82) is 0 Å². The molecule has 1 heterocycles. The van der Waals surface area contributed by atoms with Crippen molar-refractivity contribution in [3.05, 3.63) is 48.0 Å². The first kappa shape index (κ1) is 14.4. The molecule has 0 atom stereocenters. The van der Waals surface area contributed by atoms with Gasteiger partial charge in [-0.25, -0.2) is 0 Å². The minimum Gasteiger partial charge on any atom is -0.497 e. The number of nitrogens with zero attached hydrogens (tertiary/aromatic N) is 1. The summed E-state index contributed by atoms with van der Waals surface area (Å²) in [6.07, 6.45) is 0. The van der Waals surface area contributed by atoms with Crippen LogP contribution < -0.4 is 14.8 Å². The standard InChI is InChI=1S/C15H14N2O4S/c1-20-10-7-8-11(13(9-10)21-2)15-16-12-5-3-4-6-14(12)22(18,19)17-15/h3-9H,1-2H3,(H,16,17). The lowest BCUT2D eigenvalue weighted by Crippen LogP contribution is -2.22. The van der Waals surface area contributed by atoms with E-state index in [1.165, 1.54) is 13.2 Å². The number of nitrogens with one attached hydrogen (secondary N) is 1. The van der Waals surface area contributed by atoms with Gasteiger partial charge in [-0.2, -0.15) is 8.42 Å². The number of para-hydroxylation sites is 1. The molecule has 2 aromatic rings. The smallest absolute Gasteiger partial charge is 0.286 e. The maximum Gasteiger partial charge on any atom is 0.286 e. The second-order valence-corrected chi connectivity index (χ2v) is 6.17. The predicted octanol–water partition coefficient (Wildman–Crippen LogP) is 2.26. The van der Waals surface area contributed by atoms with Crippen molar-refractivity contribution in [3.8, 4) is 11.5 Å². The van der Waals surface area contributed by atoms with Crippen LogP contribution in [0.2, 0.25) is 0 Å². The van der Waals surface area contributed by atoms with Crippen molar-refractivity contribution in [1.82, 2.24) is 0 Å². The lowest BCUT2D eigenvalue weighted by atomic mass is 10.1. The molecular weight excluding hydrogens is 304 g/mol. The van der Waals surface area contributed by atoms with Crippen molar-refractivity contribution in [2.45, 2.75) is 4.90 Å². The number of rotatable bonds is 3. The second kappa shape index (κ2) is 5.34. The maximum atomic E-state index is 12.3.